The maximum Gasteiger partial charge on any atom is 0.271 e. The lowest BCUT2D eigenvalue weighted by atomic mass is 10.2. The van der Waals surface area contributed by atoms with Crippen molar-refractivity contribution in [2.24, 2.45) is 5.10 Å². The van der Waals surface area contributed by atoms with Gasteiger partial charge in [0, 0.05) is 23.1 Å². The van der Waals surface area contributed by atoms with Gasteiger partial charge in [0.2, 0.25) is 0 Å². The molecule has 2 aromatic rings. The van der Waals surface area contributed by atoms with Gasteiger partial charge in [-0.25, -0.2) is 10.4 Å². The van der Waals surface area contributed by atoms with Crippen molar-refractivity contribution in [3.05, 3.63) is 56.0 Å². The average molecular weight is 290 g/mol. The van der Waals surface area contributed by atoms with Crippen LogP contribution in [0.3, 0.4) is 0 Å². The van der Waals surface area contributed by atoms with Gasteiger partial charge in [-0.15, -0.1) is 11.3 Å². The standard InChI is InChI=1S/C12H10N4O3S/c1-8-14-10(7-20-8)6-13-15-12(17)9-2-4-11(5-3-9)16(18)19/h2-7H,1H3,(H,15,17)/b13-6-. The maximum absolute atomic E-state index is 11.7. The smallest absolute Gasteiger partial charge is 0.267 e. The highest BCUT2D eigenvalue weighted by Crippen LogP contribution is 2.11. The molecule has 1 aromatic carbocycles. The number of nitrogens with one attached hydrogen (secondary N) is 1. The third kappa shape index (κ3) is 3.45. The Hall–Kier alpha value is -2.61. The zero-order chi connectivity index (χ0) is 14.5. The summed E-state index contributed by atoms with van der Waals surface area (Å²) in [5.74, 6) is -0.442. The van der Waals surface area contributed by atoms with E-state index in [4.69, 9.17) is 0 Å². The molecule has 1 amide bonds. The molecule has 1 N–H and O–H groups in total. The van der Waals surface area contributed by atoms with Crippen molar-refractivity contribution >= 4 is 29.1 Å². The van der Waals surface area contributed by atoms with Crippen LogP contribution in [0.4, 0.5) is 5.69 Å². The lowest BCUT2D eigenvalue weighted by Crippen LogP contribution is -2.17. The van der Waals surface area contributed by atoms with E-state index >= 15 is 0 Å². The predicted molar refractivity (Wildman–Crippen MR) is 75.0 cm³/mol. The van der Waals surface area contributed by atoms with Crippen molar-refractivity contribution in [2.45, 2.75) is 6.92 Å². The number of nitrogens with zero attached hydrogens (tertiary/aromatic N) is 3. The summed E-state index contributed by atoms with van der Waals surface area (Å²) < 4.78 is 0. The molecule has 8 heteroatoms. The minimum Gasteiger partial charge on any atom is -0.267 e. The number of rotatable bonds is 4. The van der Waals surface area contributed by atoms with Crippen molar-refractivity contribution < 1.29 is 9.72 Å². The topological polar surface area (TPSA) is 97.5 Å². The number of nitro groups is 1. The number of hydrogen-bond acceptors (Lipinski definition) is 6. The zero-order valence-corrected chi connectivity index (χ0v) is 11.3. The number of benzene rings is 1. The number of aromatic nitrogens is 1. The van der Waals surface area contributed by atoms with Gasteiger partial charge in [0.15, 0.2) is 0 Å². The van der Waals surface area contributed by atoms with E-state index in [1.807, 2.05) is 12.3 Å². The molecule has 0 aliphatic heterocycles. The van der Waals surface area contributed by atoms with Crippen LogP contribution in [0.5, 0.6) is 0 Å². The van der Waals surface area contributed by atoms with E-state index in [9.17, 15) is 14.9 Å². The van der Waals surface area contributed by atoms with Crippen LogP contribution in [0.2, 0.25) is 0 Å². The second-order valence-electron chi connectivity index (χ2n) is 3.79. The molecule has 0 atom stereocenters. The summed E-state index contributed by atoms with van der Waals surface area (Å²) in [7, 11) is 0. The molecule has 1 aromatic heterocycles. The van der Waals surface area contributed by atoms with Crippen LogP contribution in [0, 0.1) is 17.0 Å². The summed E-state index contributed by atoms with van der Waals surface area (Å²) in [6.45, 7) is 1.87. The summed E-state index contributed by atoms with van der Waals surface area (Å²) in [4.78, 5) is 25.8. The van der Waals surface area contributed by atoms with Gasteiger partial charge in [0.1, 0.15) is 0 Å². The van der Waals surface area contributed by atoms with E-state index in [2.05, 4.69) is 15.5 Å². The Kier molecular flexibility index (Phi) is 4.16. The fraction of sp³-hybridized carbons (Fsp3) is 0.0833. The molecule has 0 fully saturated rings. The highest BCUT2D eigenvalue weighted by atomic mass is 32.1. The first-order valence-corrected chi connectivity index (χ1v) is 6.44. The van der Waals surface area contributed by atoms with Crippen LogP contribution in [-0.4, -0.2) is 22.0 Å². The van der Waals surface area contributed by atoms with E-state index in [0.717, 1.165) is 5.01 Å². The zero-order valence-electron chi connectivity index (χ0n) is 10.4. The third-order valence-corrected chi connectivity index (χ3v) is 3.13. The van der Waals surface area contributed by atoms with Gasteiger partial charge in [-0.05, 0) is 19.1 Å². The second kappa shape index (κ2) is 6.02. The monoisotopic (exact) mass is 290 g/mol. The maximum atomic E-state index is 11.7. The molecule has 7 nitrogen and oxygen atoms in total. The van der Waals surface area contributed by atoms with Gasteiger partial charge >= 0.3 is 0 Å². The highest BCUT2D eigenvalue weighted by Gasteiger charge is 2.08. The first-order chi connectivity index (χ1) is 9.56. The Balaban J connectivity index is 1.98. The van der Waals surface area contributed by atoms with Crippen LogP contribution < -0.4 is 5.43 Å². The SMILES string of the molecule is Cc1nc(/C=N\NC(=O)c2ccc([N+](=O)[O-])cc2)cs1. The van der Waals surface area contributed by atoms with Crippen LogP contribution in [-0.2, 0) is 0 Å². The fourth-order valence-electron chi connectivity index (χ4n) is 1.40. The average Bonchev–Trinajstić information content (AvgIpc) is 2.84. The summed E-state index contributed by atoms with van der Waals surface area (Å²) in [5, 5.41) is 17.0. The van der Waals surface area contributed by atoms with Crippen molar-refractivity contribution in [3.8, 4) is 0 Å². The molecule has 2 rings (SSSR count). The molecular formula is C12H10N4O3S. The Morgan fingerprint density at radius 3 is 2.70 bits per heavy atom. The van der Waals surface area contributed by atoms with Gasteiger partial charge in [-0.1, -0.05) is 0 Å². The molecule has 102 valence electrons. The Bertz CT molecular complexity index is 664. The number of hydrazone groups is 1. The molecule has 0 saturated heterocycles. The molecule has 0 bridgehead atoms. The molecule has 1 heterocycles. The molecular weight excluding hydrogens is 280 g/mol. The summed E-state index contributed by atoms with van der Waals surface area (Å²) >= 11 is 1.49. The second-order valence-corrected chi connectivity index (χ2v) is 4.86. The van der Waals surface area contributed by atoms with E-state index in [-0.39, 0.29) is 5.69 Å². The van der Waals surface area contributed by atoms with Crippen molar-refractivity contribution in [2.75, 3.05) is 0 Å². The third-order valence-electron chi connectivity index (χ3n) is 2.34. The van der Waals surface area contributed by atoms with Crippen LogP contribution >= 0.6 is 11.3 Å². The number of amides is 1. The summed E-state index contributed by atoms with van der Waals surface area (Å²) in [6.07, 6.45) is 1.44. The fourth-order valence-corrected chi connectivity index (χ4v) is 1.96. The molecule has 0 unspecified atom stereocenters. The molecule has 0 spiro atoms. The van der Waals surface area contributed by atoms with Crippen molar-refractivity contribution in [1.82, 2.24) is 10.4 Å². The Labute approximate surface area is 118 Å². The largest absolute Gasteiger partial charge is 0.271 e. The number of carbonyl (C=O) groups is 1. The number of carbonyl (C=O) groups excluding carboxylic acids is 1. The van der Waals surface area contributed by atoms with Crippen LogP contribution in [0.1, 0.15) is 21.1 Å². The van der Waals surface area contributed by atoms with Gasteiger partial charge in [0.25, 0.3) is 11.6 Å². The van der Waals surface area contributed by atoms with Crippen LogP contribution in [0.15, 0.2) is 34.7 Å². The van der Waals surface area contributed by atoms with Gasteiger partial charge in [-0.3, -0.25) is 14.9 Å². The first kappa shape index (κ1) is 13.8. The number of non-ortho nitro benzene ring substituents is 1. The molecule has 0 saturated carbocycles. The minimum atomic E-state index is -0.523. The number of aryl methyl sites for hydroxylation is 1. The quantitative estimate of drug-likeness (QED) is 0.529. The molecule has 0 radical (unpaired) electrons. The lowest BCUT2D eigenvalue weighted by Gasteiger charge is -1.98. The van der Waals surface area contributed by atoms with E-state index in [1.165, 1.54) is 41.8 Å². The number of nitro benzene ring substituents is 1. The number of hydrogen-bond donors (Lipinski definition) is 1. The van der Waals surface area contributed by atoms with Gasteiger partial charge < -0.3 is 0 Å². The summed E-state index contributed by atoms with van der Waals surface area (Å²) in [6, 6.07) is 5.27. The lowest BCUT2D eigenvalue weighted by molar-refractivity contribution is -0.384. The minimum absolute atomic E-state index is 0.0667. The van der Waals surface area contributed by atoms with Crippen molar-refractivity contribution in [3.63, 3.8) is 0 Å². The first-order valence-electron chi connectivity index (χ1n) is 5.56. The normalized spacial score (nSPS) is 10.7. The Morgan fingerprint density at radius 2 is 2.15 bits per heavy atom. The highest BCUT2D eigenvalue weighted by molar-refractivity contribution is 7.09. The van der Waals surface area contributed by atoms with E-state index in [1.54, 1.807) is 0 Å². The summed E-state index contributed by atoms with van der Waals surface area (Å²) in [5.41, 5.74) is 3.22. The predicted octanol–water partition coefficient (Wildman–Crippen LogP) is 2.12. The van der Waals surface area contributed by atoms with Gasteiger partial charge in [-0.2, -0.15) is 5.10 Å². The molecule has 0 aliphatic rings. The van der Waals surface area contributed by atoms with E-state index < -0.39 is 10.8 Å². The van der Waals surface area contributed by atoms with E-state index in [0.29, 0.717) is 11.3 Å². The number of thiazole rings is 1. The molecule has 0 aliphatic carbocycles. The van der Waals surface area contributed by atoms with Crippen molar-refractivity contribution in [1.29, 1.82) is 0 Å². The van der Waals surface area contributed by atoms with Gasteiger partial charge in [0.05, 0.1) is 21.8 Å². The molecule has 20 heavy (non-hydrogen) atoms. The Morgan fingerprint density at radius 1 is 1.45 bits per heavy atom. The van der Waals surface area contributed by atoms with Crippen LogP contribution in [0.25, 0.3) is 0 Å².